The summed E-state index contributed by atoms with van der Waals surface area (Å²) in [6.45, 7) is 6.30. The number of aryl methyl sites for hydroxylation is 3. The van der Waals surface area contributed by atoms with E-state index in [1.807, 2.05) is 12.1 Å². The first-order valence-corrected chi connectivity index (χ1v) is 6.14. The normalized spacial score (nSPS) is 10.6. The third-order valence-electron chi connectivity index (χ3n) is 2.91. The zero-order chi connectivity index (χ0) is 12.6. The molecule has 0 spiro atoms. The van der Waals surface area contributed by atoms with Crippen LogP contribution in [0.1, 0.15) is 16.7 Å². The molecule has 88 valence electrons. The molecule has 0 N–H and O–H groups in total. The Morgan fingerprint density at radius 1 is 0.765 bits per heavy atom. The fraction of sp³-hybridized carbons (Fsp3) is 0.214. The Morgan fingerprint density at radius 2 is 1.29 bits per heavy atom. The lowest BCUT2D eigenvalue weighted by molar-refractivity contribution is 1.28. The molecule has 1 nitrogen and oxygen atoms in total. The molecule has 0 saturated heterocycles. The molecule has 0 fully saturated rings. The van der Waals surface area contributed by atoms with Crippen LogP contribution in [0.15, 0.2) is 24.3 Å². The average Bonchev–Trinajstić information content (AvgIpc) is 2.22. The summed E-state index contributed by atoms with van der Waals surface area (Å²) in [6.07, 6.45) is 0. The molecule has 0 radical (unpaired) electrons. The molecule has 0 unspecified atom stereocenters. The highest BCUT2D eigenvalue weighted by Gasteiger charge is 2.07. The van der Waals surface area contributed by atoms with E-state index in [1.54, 1.807) is 0 Å². The lowest BCUT2D eigenvalue weighted by Gasteiger charge is -2.10. The van der Waals surface area contributed by atoms with Crippen LogP contribution in [-0.2, 0) is 0 Å². The zero-order valence-electron chi connectivity index (χ0n) is 10.0. The molecule has 17 heavy (non-hydrogen) atoms. The molecular weight excluding hydrogens is 253 g/mol. The van der Waals surface area contributed by atoms with Crippen LogP contribution in [0.2, 0.25) is 10.3 Å². The standard InChI is InChI=1S/C14H13Cl2N/c1-8-4-10(3)12(5-9(8)2)11-6-13(15)17-14(16)7-11/h4-7H,1-3H3. The van der Waals surface area contributed by atoms with Crippen LogP contribution < -0.4 is 0 Å². The van der Waals surface area contributed by atoms with Crippen molar-refractivity contribution in [2.24, 2.45) is 0 Å². The summed E-state index contributed by atoms with van der Waals surface area (Å²) in [5.41, 5.74) is 5.92. The minimum atomic E-state index is 0.421. The van der Waals surface area contributed by atoms with E-state index < -0.39 is 0 Å². The van der Waals surface area contributed by atoms with Crippen LogP contribution in [0, 0.1) is 20.8 Å². The minimum Gasteiger partial charge on any atom is -0.224 e. The maximum absolute atomic E-state index is 5.93. The Morgan fingerprint density at radius 3 is 1.88 bits per heavy atom. The number of halogens is 2. The summed E-state index contributed by atoms with van der Waals surface area (Å²) >= 11 is 11.9. The van der Waals surface area contributed by atoms with E-state index in [2.05, 4.69) is 37.9 Å². The van der Waals surface area contributed by atoms with Crippen molar-refractivity contribution in [3.05, 3.63) is 51.3 Å². The molecular formula is C14H13Cl2N. The number of nitrogens with zero attached hydrogens (tertiary/aromatic N) is 1. The Bertz CT molecular complexity index is 556. The van der Waals surface area contributed by atoms with Crippen LogP contribution >= 0.6 is 23.2 Å². The van der Waals surface area contributed by atoms with Gasteiger partial charge >= 0.3 is 0 Å². The van der Waals surface area contributed by atoms with E-state index in [0.717, 1.165) is 11.1 Å². The van der Waals surface area contributed by atoms with Crippen molar-refractivity contribution in [1.29, 1.82) is 0 Å². The summed E-state index contributed by atoms with van der Waals surface area (Å²) in [5, 5.41) is 0.843. The average molecular weight is 266 g/mol. The van der Waals surface area contributed by atoms with E-state index >= 15 is 0 Å². The van der Waals surface area contributed by atoms with Crippen molar-refractivity contribution >= 4 is 23.2 Å². The molecule has 1 heterocycles. The lowest BCUT2D eigenvalue weighted by atomic mass is 9.96. The quantitative estimate of drug-likeness (QED) is 0.663. The second kappa shape index (κ2) is 4.67. The monoisotopic (exact) mass is 265 g/mol. The van der Waals surface area contributed by atoms with Gasteiger partial charge in [0.15, 0.2) is 0 Å². The largest absolute Gasteiger partial charge is 0.224 e. The SMILES string of the molecule is Cc1cc(C)c(-c2cc(Cl)nc(Cl)c2)cc1C. The van der Waals surface area contributed by atoms with Gasteiger partial charge in [0.05, 0.1) is 0 Å². The number of hydrogen-bond acceptors (Lipinski definition) is 1. The molecule has 1 aromatic carbocycles. The van der Waals surface area contributed by atoms with Gasteiger partial charge in [0.25, 0.3) is 0 Å². The predicted octanol–water partition coefficient (Wildman–Crippen LogP) is 4.98. The zero-order valence-corrected chi connectivity index (χ0v) is 11.5. The van der Waals surface area contributed by atoms with Crippen LogP contribution in [-0.4, -0.2) is 4.98 Å². The first kappa shape index (κ1) is 12.4. The van der Waals surface area contributed by atoms with Gasteiger partial charge in [0.1, 0.15) is 10.3 Å². The summed E-state index contributed by atoms with van der Waals surface area (Å²) < 4.78 is 0. The molecule has 0 amide bonds. The van der Waals surface area contributed by atoms with Crippen molar-refractivity contribution in [2.45, 2.75) is 20.8 Å². The summed E-state index contributed by atoms with van der Waals surface area (Å²) in [4.78, 5) is 3.96. The third kappa shape index (κ3) is 2.62. The van der Waals surface area contributed by atoms with Gasteiger partial charge < -0.3 is 0 Å². The molecule has 2 aromatic rings. The molecule has 0 aliphatic heterocycles. The van der Waals surface area contributed by atoms with Crippen molar-refractivity contribution in [2.75, 3.05) is 0 Å². The highest BCUT2D eigenvalue weighted by molar-refractivity contribution is 6.32. The van der Waals surface area contributed by atoms with Gasteiger partial charge in [-0.05, 0) is 60.7 Å². The van der Waals surface area contributed by atoms with E-state index in [9.17, 15) is 0 Å². The molecule has 0 saturated carbocycles. The van der Waals surface area contributed by atoms with Gasteiger partial charge in [-0.3, -0.25) is 0 Å². The molecule has 3 heteroatoms. The van der Waals surface area contributed by atoms with Gasteiger partial charge in [0.2, 0.25) is 0 Å². The minimum absolute atomic E-state index is 0.421. The summed E-state index contributed by atoms with van der Waals surface area (Å²) in [5.74, 6) is 0. The van der Waals surface area contributed by atoms with Crippen LogP contribution in [0.25, 0.3) is 11.1 Å². The van der Waals surface area contributed by atoms with Gasteiger partial charge in [-0.2, -0.15) is 0 Å². The molecule has 0 aliphatic carbocycles. The van der Waals surface area contributed by atoms with Crippen molar-refractivity contribution in [3.8, 4) is 11.1 Å². The van der Waals surface area contributed by atoms with E-state index in [1.165, 1.54) is 16.7 Å². The van der Waals surface area contributed by atoms with E-state index in [0.29, 0.717) is 10.3 Å². The first-order valence-electron chi connectivity index (χ1n) is 5.38. The van der Waals surface area contributed by atoms with Gasteiger partial charge in [-0.25, -0.2) is 4.98 Å². The predicted molar refractivity (Wildman–Crippen MR) is 73.9 cm³/mol. The van der Waals surface area contributed by atoms with Gasteiger partial charge in [0, 0.05) is 0 Å². The van der Waals surface area contributed by atoms with Crippen molar-refractivity contribution < 1.29 is 0 Å². The first-order chi connectivity index (χ1) is 7.97. The Balaban J connectivity index is 2.64. The number of rotatable bonds is 1. The molecule has 1 aromatic heterocycles. The fourth-order valence-electron chi connectivity index (χ4n) is 1.89. The molecule has 0 atom stereocenters. The highest BCUT2D eigenvalue weighted by atomic mass is 35.5. The Labute approximate surface area is 111 Å². The highest BCUT2D eigenvalue weighted by Crippen LogP contribution is 2.29. The van der Waals surface area contributed by atoms with Crippen LogP contribution in [0.4, 0.5) is 0 Å². The second-order valence-corrected chi connectivity index (χ2v) is 5.03. The van der Waals surface area contributed by atoms with E-state index in [4.69, 9.17) is 23.2 Å². The van der Waals surface area contributed by atoms with Crippen molar-refractivity contribution in [1.82, 2.24) is 4.98 Å². The fourth-order valence-corrected chi connectivity index (χ4v) is 2.35. The van der Waals surface area contributed by atoms with Crippen LogP contribution in [0.5, 0.6) is 0 Å². The van der Waals surface area contributed by atoms with Crippen LogP contribution in [0.3, 0.4) is 0 Å². The maximum atomic E-state index is 5.93. The molecule has 0 bridgehead atoms. The van der Waals surface area contributed by atoms with Crippen molar-refractivity contribution in [3.63, 3.8) is 0 Å². The Hall–Kier alpha value is -1.05. The number of aromatic nitrogens is 1. The smallest absolute Gasteiger partial charge is 0.131 e. The second-order valence-electron chi connectivity index (χ2n) is 4.25. The number of pyridine rings is 1. The third-order valence-corrected chi connectivity index (χ3v) is 3.30. The molecule has 2 rings (SSSR count). The molecule has 0 aliphatic rings. The van der Waals surface area contributed by atoms with Gasteiger partial charge in [-0.15, -0.1) is 0 Å². The topological polar surface area (TPSA) is 12.9 Å². The summed E-state index contributed by atoms with van der Waals surface area (Å²) in [7, 11) is 0. The maximum Gasteiger partial charge on any atom is 0.131 e. The lowest BCUT2D eigenvalue weighted by Crippen LogP contribution is -1.90. The summed E-state index contributed by atoms with van der Waals surface area (Å²) in [6, 6.07) is 8.01. The Kier molecular flexibility index (Phi) is 3.41. The number of benzene rings is 1. The van der Waals surface area contributed by atoms with Gasteiger partial charge in [-0.1, -0.05) is 35.3 Å². The number of hydrogen-bond donors (Lipinski definition) is 0. The van der Waals surface area contributed by atoms with E-state index in [-0.39, 0.29) is 0 Å².